The minimum absolute atomic E-state index is 0.320. The smallest absolute Gasteiger partial charge is 0.188 e. The summed E-state index contributed by atoms with van der Waals surface area (Å²) in [7, 11) is 0. The maximum absolute atomic E-state index is 6.41. The number of hydrogen-bond donors (Lipinski definition) is 0. The van der Waals surface area contributed by atoms with Crippen LogP contribution in [0.4, 0.5) is 0 Å². The summed E-state index contributed by atoms with van der Waals surface area (Å²) in [6.45, 7) is 2.98. The minimum atomic E-state index is -0.594. The zero-order valence-corrected chi connectivity index (χ0v) is 21.8. The molecule has 3 atom stereocenters. The Hall–Kier alpha value is -2.62. The summed E-state index contributed by atoms with van der Waals surface area (Å²) >= 11 is 14.0. The van der Waals surface area contributed by atoms with Crippen LogP contribution in [0.15, 0.2) is 78.6 Å². The fourth-order valence-electron chi connectivity index (χ4n) is 3.88. The average molecular weight is 543 g/mol. The maximum atomic E-state index is 6.41. The van der Waals surface area contributed by atoms with Crippen LogP contribution in [0.25, 0.3) is 11.3 Å². The topological polar surface area (TPSA) is 71.3 Å². The third-order valence-corrected chi connectivity index (χ3v) is 6.94. The van der Waals surface area contributed by atoms with Crippen LogP contribution in [-0.2, 0) is 16.0 Å². The first kappa shape index (κ1) is 25.0. The molecule has 7 nitrogen and oxygen atoms in total. The van der Waals surface area contributed by atoms with Gasteiger partial charge in [0.15, 0.2) is 11.4 Å². The largest absolute Gasteiger partial charge is 0.486 e. The zero-order chi connectivity index (χ0) is 24.9. The molecule has 1 fully saturated rings. The van der Waals surface area contributed by atoms with Crippen LogP contribution in [0.5, 0.6) is 5.75 Å². The molecule has 186 valence electrons. The lowest BCUT2D eigenvalue weighted by molar-refractivity contribution is -0.0809. The molecule has 1 unspecified atom stereocenters. The van der Waals surface area contributed by atoms with Gasteiger partial charge in [-0.25, -0.2) is 15.0 Å². The maximum Gasteiger partial charge on any atom is 0.188 e. The van der Waals surface area contributed by atoms with Gasteiger partial charge in [-0.1, -0.05) is 48.0 Å². The first-order valence-corrected chi connectivity index (χ1v) is 13.2. The molecule has 1 aliphatic rings. The highest BCUT2D eigenvalue weighted by molar-refractivity contribution is 7.99. The van der Waals surface area contributed by atoms with E-state index in [-0.39, 0.29) is 12.2 Å². The molecular weight excluding hydrogens is 519 g/mol. The van der Waals surface area contributed by atoms with Gasteiger partial charge in [-0.2, -0.15) is 0 Å². The molecule has 0 spiro atoms. The number of imidazole rings is 1. The van der Waals surface area contributed by atoms with Crippen molar-refractivity contribution in [3.63, 3.8) is 0 Å². The normalized spacial score (nSPS) is 18.3. The average Bonchev–Trinajstić information content (AvgIpc) is 3.57. The molecule has 1 aliphatic heterocycles. The third-order valence-electron chi connectivity index (χ3n) is 5.64. The summed E-state index contributed by atoms with van der Waals surface area (Å²) in [6.07, 6.45) is 5.93. The number of benzene rings is 2. The van der Waals surface area contributed by atoms with Gasteiger partial charge in [0.25, 0.3) is 0 Å². The summed E-state index contributed by atoms with van der Waals surface area (Å²) in [5.74, 6) is 1.64. The number of halogens is 2. The van der Waals surface area contributed by atoms with Gasteiger partial charge >= 0.3 is 0 Å². The van der Waals surface area contributed by atoms with Crippen LogP contribution < -0.4 is 4.74 Å². The lowest BCUT2D eigenvalue weighted by Crippen LogP contribution is -2.37. The van der Waals surface area contributed by atoms with Crippen LogP contribution >= 0.6 is 35.0 Å². The quantitative estimate of drug-likeness (QED) is 0.181. The molecule has 0 N–H and O–H groups in total. The van der Waals surface area contributed by atoms with Crippen molar-refractivity contribution in [1.29, 1.82) is 0 Å². The highest BCUT2D eigenvalue weighted by Gasteiger charge is 2.36. The van der Waals surface area contributed by atoms with Crippen molar-refractivity contribution < 1.29 is 14.2 Å². The molecule has 3 heterocycles. The van der Waals surface area contributed by atoms with Crippen molar-refractivity contribution in [2.75, 3.05) is 12.4 Å². The first-order chi connectivity index (χ1) is 17.6. The Morgan fingerprint density at radius 1 is 1.14 bits per heavy atom. The van der Waals surface area contributed by atoms with E-state index in [4.69, 9.17) is 37.4 Å². The molecule has 36 heavy (non-hydrogen) atoms. The molecule has 0 aliphatic carbocycles. The van der Waals surface area contributed by atoms with E-state index in [1.165, 1.54) is 0 Å². The van der Waals surface area contributed by atoms with Crippen molar-refractivity contribution >= 4 is 35.0 Å². The second-order valence-electron chi connectivity index (χ2n) is 8.10. The predicted molar refractivity (Wildman–Crippen MR) is 141 cm³/mol. The Morgan fingerprint density at radius 2 is 2.00 bits per heavy atom. The van der Waals surface area contributed by atoms with Crippen LogP contribution in [0.2, 0.25) is 10.0 Å². The summed E-state index contributed by atoms with van der Waals surface area (Å²) in [5.41, 5.74) is 2.60. The van der Waals surface area contributed by atoms with Crippen LogP contribution in [0, 0.1) is 0 Å². The Kier molecular flexibility index (Phi) is 8.09. The number of hydrogen-bond acceptors (Lipinski definition) is 7. The molecule has 4 aromatic rings. The van der Waals surface area contributed by atoms with Crippen molar-refractivity contribution in [2.45, 2.75) is 37.1 Å². The number of rotatable bonds is 9. The molecule has 0 bridgehead atoms. The van der Waals surface area contributed by atoms with Crippen LogP contribution in [0.1, 0.15) is 18.8 Å². The Labute approximate surface area is 223 Å². The Balaban J connectivity index is 1.32. The van der Waals surface area contributed by atoms with Crippen LogP contribution in [0.3, 0.4) is 0 Å². The molecular formula is C26H24Cl2N4O3S. The zero-order valence-electron chi connectivity index (χ0n) is 19.5. The van der Waals surface area contributed by atoms with Gasteiger partial charge < -0.3 is 18.8 Å². The number of aromatic nitrogens is 4. The van der Waals surface area contributed by atoms with Crippen molar-refractivity contribution in [1.82, 2.24) is 19.5 Å². The fraction of sp³-hybridized carbons (Fsp3) is 0.269. The van der Waals surface area contributed by atoms with Gasteiger partial charge in [0.05, 0.1) is 30.2 Å². The van der Waals surface area contributed by atoms with Crippen LogP contribution in [-0.4, -0.2) is 44.1 Å². The summed E-state index contributed by atoms with van der Waals surface area (Å²) < 4.78 is 20.6. The molecule has 0 radical (unpaired) electrons. The third kappa shape index (κ3) is 6.02. The molecule has 2 aromatic heterocycles. The number of ether oxygens (including phenoxy) is 3. The number of thioether (sulfide) groups is 1. The minimum Gasteiger partial charge on any atom is -0.486 e. The molecule has 10 heteroatoms. The van der Waals surface area contributed by atoms with Gasteiger partial charge in [-0.3, -0.25) is 0 Å². The molecule has 0 saturated carbocycles. The van der Waals surface area contributed by atoms with E-state index in [1.54, 1.807) is 42.6 Å². The van der Waals surface area contributed by atoms with E-state index in [1.807, 2.05) is 47.2 Å². The fourth-order valence-corrected chi connectivity index (χ4v) is 4.94. The second kappa shape index (κ2) is 11.6. The van der Waals surface area contributed by atoms with Gasteiger partial charge in [-0.05, 0) is 48.2 Å². The van der Waals surface area contributed by atoms with Crippen molar-refractivity contribution in [3.8, 4) is 17.0 Å². The summed E-state index contributed by atoms with van der Waals surface area (Å²) in [4.78, 5) is 13.1. The Bertz CT molecular complexity index is 1290. The molecule has 5 rings (SSSR count). The first-order valence-electron chi connectivity index (χ1n) is 11.5. The standard InChI is InChI=1S/C26H24Cl2N4O3S/c1-2-36-26-30-10-9-22(31-26)17-3-6-19(7-4-17)34-23(14-32-12-11-29-16-32)24-15-33-25(35-24)20-8-5-18(27)13-21(20)28/h3-13,16,23-25H,2,14-15H2,1H3/t23?,24-,25-/m0/s1. The highest BCUT2D eigenvalue weighted by Crippen LogP contribution is 2.35. The van der Waals surface area contributed by atoms with E-state index in [0.29, 0.717) is 23.2 Å². The molecule has 2 aromatic carbocycles. The van der Waals surface area contributed by atoms with E-state index >= 15 is 0 Å². The van der Waals surface area contributed by atoms with E-state index < -0.39 is 6.29 Å². The second-order valence-corrected chi connectivity index (χ2v) is 10.2. The summed E-state index contributed by atoms with van der Waals surface area (Å²) in [6, 6.07) is 15.0. The molecule has 1 saturated heterocycles. The van der Waals surface area contributed by atoms with Crippen molar-refractivity contribution in [2.24, 2.45) is 0 Å². The lowest BCUT2D eigenvalue weighted by Gasteiger charge is -2.24. The van der Waals surface area contributed by atoms with E-state index in [0.717, 1.165) is 33.5 Å². The number of nitrogens with zero attached hydrogens (tertiary/aromatic N) is 4. The monoisotopic (exact) mass is 542 g/mol. The van der Waals surface area contributed by atoms with Crippen molar-refractivity contribution in [3.05, 3.63) is 89.1 Å². The lowest BCUT2D eigenvalue weighted by atomic mass is 10.1. The van der Waals surface area contributed by atoms with Gasteiger partial charge in [0, 0.05) is 34.7 Å². The SMILES string of the molecule is CCSc1nccc(-c2ccc(OC(Cn3ccnc3)[C@@H]3CO[C@H](c4ccc(Cl)cc4Cl)O3)cc2)n1. The van der Waals surface area contributed by atoms with Gasteiger partial charge in [0.1, 0.15) is 18.0 Å². The Morgan fingerprint density at radius 3 is 2.75 bits per heavy atom. The summed E-state index contributed by atoms with van der Waals surface area (Å²) in [5, 5.41) is 1.83. The predicted octanol–water partition coefficient (Wildman–Crippen LogP) is 6.32. The van der Waals surface area contributed by atoms with E-state index in [2.05, 4.69) is 21.9 Å². The van der Waals surface area contributed by atoms with Gasteiger partial charge in [0.2, 0.25) is 0 Å². The van der Waals surface area contributed by atoms with E-state index in [9.17, 15) is 0 Å². The highest BCUT2D eigenvalue weighted by atomic mass is 35.5. The van der Waals surface area contributed by atoms with Gasteiger partial charge in [-0.15, -0.1) is 0 Å². The molecule has 0 amide bonds.